The van der Waals surface area contributed by atoms with E-state index in [2.05, 4.69) is 24.2 Å². The molecule has 0 aromatic rings. The second-order valence-corrected chi connectivity index (χ2v) is 6.79. The predicted octanol–water partition coefficient (Wildman–Crippen LogP) is 2.49. The monoisotopic (exact) mass is 236 g/mol. The van der Waals surface area contributed by atoms with Crippen molar-refractivity contribution < 1.29 is 0 Å². The topological polar surface area (TPSA) is 15.3 Å². The van der Waals surface area contributed by atoms with Crippen LogP contribution >= 0.6 is 0 Å². The molecule has 2 saturated carbocycles. The maximum Gasteiger partial charge on any atom is 0.00910 e. The van der Waals surface area contributed by atoms with E-state index in [0.717, 1.165) is 29.8 Å². The first-order valence-corrected chi connectivity index (χ1v) is 7.67. The molecular formula is C15H28N2. The quantitative estimate of drug-likeness (QED) is 0.810. The minimum absolute atomic E-state index is 0.765. The Bertz CT molecular complexity index is 266. The molecule has 1 heterocycles. The summed E-state index contributed by atoms with van der Waals surface area (Å²) >= 11 is 0. The first kappa shape index (κ1) is 12.0. The molecule has 2 aliphatic carbocycles. The number of nitrogens with one attached hydrogen (secondary N) is 1. The van der Waals surface area contributed by atoms with Gasteiger partial charge in [0.15, 0.2) is 0 Å². The van der Waals surface area contributed by atoms with E-state index in [4.69, 9.17) is 0 Å². The van der Waals surface area contributed by atoms with Crippen LogP contribution in [0.3, 0.4) is 0 Å². The van der Waals surface area contributed by atoms with E-state index in [0.29, 0.717) is 0 Å². The van der Waals surface area contributed by atoms with Gasteiger partial charge in [-0.2, -0.15) is 0 Å². The van der Waals surface area contributed by atoms with Crippen molar-refractivity contribution in [3.05, 3.63) is 0 Å². The van der Waals surface area contributed by atoms with E-state index in [1.54, 1.807) is 19.3 Å². The standard InChI is InChI=1S/C15H28N2/c1-11-7-15(16-2)5-6-17(11)10-14-9-12-3-4-13(14)8-12/h11-16H,3-10H2,1-2H3. The molecule has 1 N–H and O–H groups in total. The lowest BCUT2D eigenvalue weighted by Gasteiger charge is -2.40. The summed E-state index contributed by atoms with van der Waals surface area (Å²) in [5, 5.41) is 3.45. The molecule has 0 amide bonds. The van der Waals surface area contributed by atoms with Crippen molar-refractivity contribution >= 4 is 0 Å². The van der Waals surface area contributed by atoms with Crippen molar-refractivity contribution in [3.63, 3.8) is 0 Å². The number of likely N-dealkylation sites (tertiary alicyclic amines) is 1. The van der Waals surface area contributed by atoms with Gasteiger partial charge in [0, 0.05) is 18.6 Å². The lowest BCUT2D eigenvalue weighted by molar-refractivity contribution is 0.102. The summed E-state index contributed by atoms with van der Waals surface area (Å²) < 4.78 is 0. The zero-order valence-corrected chi connectivity index (χ0v) is 11.5. The minimum Gasteiger partial charge on any atom is -0.317 e. The van der Waals surface area contributed by atoms with Gasteiger partial charge in [-0.1, -0.05) is 6.42 Å². The maximum absolute atomic E-state index is 3.45. The molecule has 3 fully saturated rings. The summed E-state index contributed by atoms with van der Waals surface area (Å²) in [4.78, 5) is 2.78. The third-order valence-electron chi connectivity index (χ3n) is 5.78. The molecule has 0 aromatic carbocycles. The van der Waals surface area contributed by atoms with Crippen LogP contribution < -0.4 is 5.32 Å². The molecule has 2 bridgehead atoms. The molecule has 98 valence electrons. The third-order valence-corrected chi connectivity index (χ3v) is 5.78. The van der Waals surface area contributed by atoms with Gasteiger partial charge in [0.2, 0.25) is 0 Å². The van der Waals surface area contributed by atoms with Crippen LogP contribution in [0.1, 0.15) is 45.4 Å². The number of fused-ring (bicyclic) bond motifs is 2. The summed E-state index contributed by atoms with van der Waals surface area (Å²) in [5.41, 5.74) is 0. The number of rotatable bonds is 3. The van der Waals surface area contributed by atoms with Crippen LogP contribution in [-0.4, -0.2) is 37.1 Å². The van der Waals surface area contributed by atoms with Crippen LogP contribution in [0.2, 0.25) is 0 Å². The van der Waals surface area contributed by atoms with Crippen LogP contribution in [0.15, 0.2) is 0 Å². The number of hydrogen-bond donors (Lipinski definition) is 1. The normalized spacial score (nSPS) is 46.6. The molecule has 2 nitrogen and oxygen atoms in total. The molecule has 1 saturated heterocycles. The summed E-state index contributed by atoms with van der Waals surface area (Å²) in [5.74, 6) is 3.24. The lowest BCUT2D eigenvalue weighted by atomic mass is 9.87. The van der Waals surface area contributed by atoms with Gasteiger partial charge in [0.25, 0.3) is 0 Å². The first-order chi connectivity index (χ1) is 8.26. The van der Waals surface area contributed by atoms with Gasteiger partial charge in [-0.05, 0) is 70.4 Å². The molecule has 17 heavy (non-hydrogen) atoms. The maximum atomic E-state index is 3.45. The van der Waals surface area contributed by atoms with Crippen LogP contribution in [0, 0.1) is 17.8 Å². The van der Waals surface area contributed by atoms with Crippen molar-refractivity contribution in [1.29, 1.82) is 0 Å². The molecule has 5 atom stereocenters. The average Bonchev–Trinajstić information content (AvgIpc) is 2.93. The first-order valence-electron chi connectivity index (χ1n) is 7.67. The summed E-state index contributed by atoms with van der Waals surface area (Å²) in [6, 6.07) is 1.56. The SMILES string of the molecule is CNC1CCN(CC2CC3CCC2C3)C(C)C1. The Labute approximate surface area is 106 Å². The fourth-order valence-electron chi connectivity index (χ4n) is 4.66. The highest BCUT2D eigenvalue weighted by molar-refractivity contribution is 4.93. The van der Waals surface area contributed by atoms with Gasteiger partial charge in [-0.15, -0.1) is 0 Å². The average molecular weight is 236 g/mol. The molecule has 2 heteroatoms. The minimum atomic E-state index is 0.765. The van der Waals surface area contributed by atoms with E-state index in [9.17, 15) is 0 Å². The highest BCUT2D eigenvalue weighted by Gasteiger charge is 2.40. The Morgan fingerprint density at radius 1 is 1.12 bits per heavy atom. The molecule has 3 aliphatic rings. The lowest BCUT2D eigenvalue weighted by Crippen LogP contribution is -2.48. The molecule has 5 unspecified atom stereocenters. The highest BCUT2D eigenvalue weighted by atomic mass is 15.2. The molecule has 0 spiro atoms. The molecular weight excluding hydrogens is 208 g/mol. The van der Waals surface area contributed by atoms with E-state index in [1.165, 1.54) is 32.4 Å². The summed E-state index contributed by atoms with van der Waals surface area (Å²) in [6.07, 6.45) is 8.88. The van der Waals surface area contributed by atoms with Gasteiger partial charge in [0.05, 0.1) is 0 Å². The fraction of sp³-hybridized carbons (Fsp3) is 1.00. The van der Waals surface area contributed by atoms with Crippen LogP contribution in [-0.2, 0) is 0 Å². The highest BCUT2D eigenvalue weighted by Crippen LogP contribution is 2.48. The smallest absolute Gasteiger partial charge is 0.00910 e. The van der Waals surface area contributed by atoms with Crippen molar-refractivity contribution in [1.82, 2.24) is 10.2 Å². The molecule has 0 radical (unpaired) electrons. The Morgan fingerprint density at radius 2 is 2.00 bits per heavy atom. The van der Waals surface area contributed by atoms with Gasteiger partial charge < -0.3 is 10.2 Å². The summed E-state index contributed by atoms with van der Waals surface area (Å²) in [7, 11) is 2.11. The van der Waals surface area contributed by atoms with Gasteiger partial charge in [-0.3, -0.25) is 0 Å². The number of nitrogens with zero attached hydrogens (tertiary/aromatic N) is 1. The van der Waals surface area contributed by atoms with Crippen LogP contribution in [0.5, 0.6) is 0 Å². The summed E-state index contributed by atoms with van der Waals surface area (Å²) in [6.45, 7) is 5.15. The van der Waals surface area contributed by atoms with Crippen molar-refractivity contribution in [2.24, 2.45) is 17.8 Å². The molecule has 3 rings (SSSR count). The third kappa shape index (κ3) is 2.39. The van der Waals surface area contributed by atoms with Crippen LogP contribution in [0.4, 0.5) is 0 Å². The Morgan fingerprint density at radius 3 is 2.59 bits per heavy atom. The number of piperidine rings is 1. The zero-order valence-electron chi connectivity index (χ0n) is 11.5. The van der Waals surface area contributed by atoms with Gasteiger partial charge >= 0.3 is 0 Å². The Balaban J connectivity index is 1.52. The molecule has 1 aliphatic heterocycles. The largest absolute Gasteiger partial charge is 0.317 e. The second-order valence-electron chi connectivity index (χ2n) is 6.79. The van der Waals surface area contributed by atoms with E-state index in [-0.39, 0.29) is 0 Å². The fourth-order valence-corrected chi connectivity index (χ4v) is 4.66. The van der Waals surface area contributed by atoms with Crippen molar-refractivity contribution in [2.75, 3.05) is 20.1 Å². The predicted molar refractivity (Wildman–Crippen MR) is 72.1 cm³/mol. The van der Waals surface area contributed by atoms with Gasteiger partial charge in [0.1, 0.15) is 0 Å². The Hall–Kier alpha value is -0.0800. The second kappa shape index (κ2) is 4.89. The van der Waals surface area contributed by atoms with Crippen molar-refractivity contribution in [3.8, 4) is 0 Å². The van der Waals surface area contributed by atoms with E-state index >= 15 is 0 Å². The number of hydrogen-bond acceptors (Lipinski definition) is 2. The Kier molecular flexibility index (Phi) is 3.45. The van der Waals surface area contributed by atoms with E-state index in [1.807, 2.05) is 0 Å². The van der Waals surface area contributed by atoms with E-state index < -0.39 is 0 Å². The van der Waals surface area contributed by atoms with Crippen molar-refractivity contribution in [2.45, 2.75) is 57.5 Å². The zero-order chi connectivity index (χ0) is 11.8. The van der Waals surface area contributed by atoms with Gasteiger partial charge in [-0.25, -0.2) is 0 Å². The molecule has 0 aromatic heterocycles. The van der Waals surface area contributed by atoms with Crippen LogP contribution in [0.25, 0.3) is 0 Å².